The average Bonchev–Trinajstić information content (AvgIpc) is 2.94. The highest BCUT2D eigenvalue weighted by Gasteiger charge is 2.33. The highest BCUT2D eigenvalue weighted by molar-refractivity contribution is 7.92. The van der Waals surface area contributed by atoms with Crippen LogP contribution in [0.15, 0.2) is 77.7 Å². The molecule has 2 amide bonds. The molecule has 0 radical (unpaired) electrons. The Labute approximate surface area is 241 Å². The number of nitrogens with zero attached hydrogens (tertiary/aromatic N) is 2. The van der Waals surface area contributed by atoms with Crippen LogP contribution >= 0.6 is 11.6 Å². The fraction of sp³-hybridized carbons (Fsp3) is 0.333. The van der Waals surface area contributed by atoms with Crippen molar-refractivity contribution in [1.82, 2.24) is 10.2 Å². The van der Waals surface area contributed by atoms with Crippen LogP contribution < -0.4 is 14.4 Å². The third kappa shape index (κ3) is 7.76. The van der Waals surface area contributed by atoms with E-state index in [2.05, 4.69) is 5.32 Å². The predicted octanol–water partition coefficient (Wildman–Crippen LogP) is 5.19. The zero-order chi connectivity index (χ0) is 29.3. The molecule has 1 unspecified atom stereocenters. The number of carbonyl (C=O) groups excluding carboxylic acids is 2. The van der Waals surface area contributed by atoms with Crippen molar-refractivity contribution < 1.29 is 22.7 Å². The number of methoxy groups -OCH3 is 1. The molecule has 0 fully saturated rings. The molecule has 0 saturated carbocycles. The number of amides is 2. The summed E-state index contributed by atoms with van der Waals surface area (Å²) < 4.78 is 34.2. The molecule has 0 aromatic heterocycles. The molecule has 0 aliphatic carbocycles. The van der Waals surface area contributed by atoms with E-state index >= 15 is 0 Å². The van der Waals surface area contributed by atoms with Gasteiger partial charge < -0.3 is 15.0 Å². The molecule has 1 N–H and O–H groups in total. The van der Waals surface area contributed by atoms with Crippen molar-refractivity contribution in [1.29, 1.82) is 0 Å². The van der Waals surface area contributed by atoms with Gasteiger partial charge in [-0.25, -0.2) is 8.42 Å². The minimum Gasteiger partial charge on any atom is -0.497 e. The minimum atomic E-state index is -4.16. The van der Waals surface area contributed by atoms with Crippen molar-refractivity contribution in [3.63, 3.8) is 0 Å². The van der Waals surface area contributed by atoms with Gasteiger partial charge in [0.2, 0.25) is 11.8 Å². The fourth-order valence-corrected chi connectivity index (χ4v) is 5.84. The van der Waals surface area contributed by atoms with Gasteiger partial charge in [-0.15, -0.1) is 0 Å². The van der Waals surface area contributed by atoms with Crippen LogP contribution in [0.4, 0.5) is 5.69 Å². The number of rotatable bonds is 13. The maximum absolute atomic E-state index is 14.1. The molecule has 0 spiro atoms. The standard InChI is InChI=1S/C30H36ClN3O5S/c1-5-17-32-30(36)28(6-2)33(20-23-9-7-12-26(18-23)39-4)29(35)21-34(25-11-8-10-24(31)19-25)40(37,38)27-15-13-22(3)14-16-27/h7-16,18-19,28H,5-6,17,20-21H2,1-4H3,(H,32,36). The van der Waals surface area contributed by atoms with E-state index in [9.17, 15) is 18.0 Å². The first kappa shape index (κ1) is 31.0. The monoisotopic (exact) mass is 585 g/mol. The summed E-state index contributed by atoms with van der Waals surface area (Å²) in [5, 5.41) is 3.20. The van der Waals surface area contributed by atoms with Crippen molar-refractivity contribution in [2.45, 2.75) is 51.1 Å². The van der Waals surface area contributed by atoms with E-state index in [1.807, 2.05) is 26.8 Å². The molecule has 0 saturated heterocycles. The predicted molar refractivity (Wildman–Crippen MR) is 158 cm³/mol. The Hall–Kier alpha value is -3.56. The normalized spacial score (nSPS) is 11.9. The highest BCUT2D eigenvalue weighted by Crippen LogP contribution is 2.27. The Morgan fingerprint density at radius 2 is 1.70 bits per heavy atom. The van der Waals surface area contributed by atoms with Gasteiger partial charge in [0.25, 0.3) is 10.0 Å². The first-order chi connectivity index (χ1) is 19.1. The SMILES string of the molecule is CCCNC(=O)C(CC)N(Cc1cccc(OC)c1)C(=O)CN(c1cccc(Cl)c1)S(=O)(=O)c1ccc(C)cc1. The van der Waals surface area contributed by atoms with Gasteiger partial charge in [0.05, 0.1) is 17.7 Å². The van der Waals surface area contributed by atoms with Crippen molar-refractivity contribution in [2.24, 2.45) is 0 Å². The van der Waals surface area contributed by atoms with Gasteiger partial charge in [0.15, 0.2) is 0 Å². The second-order valence-corrected chi connectivity index (χ2v) is 11.7. The molecule has 214 valence electrons. The minimum absolute atomic E-state index is 0.0398. The summed E-state index contributed by atoms with van der Waals surface area (Å²) in [6.07, 6.45) is 1.08. The maximum Gasteiger partial charge on any atom is 0.264 e. The number of hydrogen-bond acceptors (Lipinski definition) is 5. The van der Waals surface area contributed by atoms with Gasteiger partial charge in [0.1, 0.15) is 18.3 Å². The maximum atomic E-state index is 14.1. The van der Waals surface area contributed by atoms with E-state index in [0.717, 1.165) is 21.9 Å². The summed E-state index contributed by atoms with van der Waals surface area (Å²) in [4.78, 5) is 28.7. The third-order valence-electron chi connectivity index (χ3n) is 6.41. The van der Waals surface area contributed by atoms with Gasteiger partial charge in [-0.05, 0) is 67.8 Å². The van der Waals surface area contributed by atoms with E-state index in [1.165, 1.54) is 23.1 Å². The molecular formula is C30H36ClN3O5S. The Kier molecular flexibility index (Phi) is 11.0. The number of hydrogen-bond donors (Lipinski definition) is 1. The summed E-state index contributed by atoms with van der Waals surface area (Å²) in [5.74, 6) is -0.218. The van der Waals surface area contributed by atoms with E-state index in [4.69, 9.17) is 16.3 Å². The van der Waals surface area contributed by atoms with Gasteiger partial charge >= 0.3 is 0 Å². The van der Waals surface area contributed by atoms with E-state index in [1.54, 1.807) is 55.6 Å². The van der Waals surface area contributed by atoms with E-state index in [-0.39, 0.29) is 23.0 Å². The summed E-state index contributed by atoms with van der Waals surface area (Å²) in [5.41, 5.74) is 1.88. The second-order valence-electron chi connectivity index (χ2n) is 9.39. The smallest absolute Gasteiger partial charge is 0.264 e. The van der Waals surface area contributed by atoms with Gasteiger partial charge in [-0.3, -0.25) is 13.9 Å². The first-order valence-electron chi connectivity index (χ1n) is 13.2. The third-order valence-corrected chi connectivity index (χ3v) is 8.43. The fourth-order valence-electron chi connectivity index (χ4n) is 4.25. The topological polar surface area (TPSA) is 96.0 Å². The van der Waals surface area contributed by atoms with Crippen LogP contribution in [0.5, 0.6) is 5.75 Å². The van der Waals surface area contributed by atoms with Crippen LogP contribution in [-0.4, -0.2) is 51.4 Å². The molecule has 0 heterocycles. The lowest BCUT2D eigenvalue weighted by molar-refractivity contribution is -0.140. The Balaban J connectivity index is 2.06. The summed E-state index contributed by atoms with van der Waals surface area (Å²) in [6.45, 7) is 5.64. The molecular weight excluding hydrogens is 550 g/mol. The summed E-state index contributed by atoms with van der Waals surface area (Å²) >= 11 is 6.22. The van der Waals surface area contributed by atoms with Crippen LogP contribution in [0, 0.1) is 6.92 Å². The van der Waals surface area contributed by atoms with Crippen LogP contribution in [0.2, 0.25) is 5.02 Å². The average molecular weight is 586 g/mol. The molecule has 8 nitrogen and oxygen atoms in total. The number of ether oxygens (including phenoxy) is 1. The number of halogens is 1. The number of anilines is 1. The van der Waals surface area contributed by atoms with Crippen LogP contribution in [0.3, 0.4) is 0 Å². The second kappa shape index (κ2) is 14.2. The molecule has 0 bridgehead atoms. The summed E-state index contributed by atoms with van der Waals surface area (Å²) in [6, 6.07) is 19.1. The molecule has 1 atom stereocenters. The Bertz CT molecular complexity index is 1410. The van der Waals surface area contributed by atoms with Gasteiger partial charge in [-0.2, -0.15) is 0 Å². The number of carbonyl (C=O) groups is 2. The summed E-state index contributed by atoms with van der Waals surface area (Å²) in [7, 11) is -2.61. The molecule has 40 heavy (non-hydrogen) atoms. The van der Waals surface area contributed by atoms with Crippen molar-refractivity contribution in [2.75, 3.05) is 24.5 Å². The van der Waals surface area contributed by atoms with Crippen LogP contribution in [0.25, 0.3) is 0 Å². The molecule has 0 aliphatic heterocycles. The zero-order valence-corrected chi connectivity index (χ0v) is 24.8. The largest absolute Gasteiger partial charge is 0.497 e. The highest BCUT2D eigenvalue weighted by atomic mass is 35.5. The number of sulfonamides is 1. The molecule has 3 aromatic rings. The van der Waals surface area contributed by atoms with E-state index in [0.29, 0.717) is 23.7 Å². The number of benzene rings is 3. The lowest BCUT2D eigenvalue weighted by atomic mass is 10.1. The van der Waals surface area contributed by atoms with E-state index < -0.39 is 28.5 Å². The van der Waals surface area contributed by atoms with Gasteiger partial charge in [-0.1, -0.05) is 61.3 Å². The van der Waals surface area contributed by atoms with Crippen LogP contribution in [0.1, 0.15) is 37.8 Å². The lowest BCUT2D eigenvalue weighted by Crippen LogP contribution is -2.52. The van der Waals surface area contributed by atoms with Crippen molar-refractivity contribution >= 4 is 39.1 Å². The first-order valence-corrected chi connectivity index (χ1v) is 15.0. The Morgan fingerprint density at radius 3 is 2.33 bits per heavy atom. The number of nitrogens with one attached hydrogen (secondary N) is 1. The molecule has 3 rings (SSSR count). The van der Waals surface area contributed by atoms with Crippen molar-refractivity contribution in [3.8, 4) is 5.75 Å². The quantitative estimate of drug-likeness (QED) is 0.298. The Morgan fingerprint density at radius 1 is 1.00 bits per heavy atom. The van der Waals surface area contributed by atoms with Crippen LogP contribution in [-0.2, 0) is 26.2 Å². The zero-order valence-electron chi connectivity index (χ0n) is 23.3. The molecule has 3 aromatic carbocycles. The number of aryl methyl sites for hydroxylation is 1. The molecule has 10 heteroatoms. The lowest BCUT2D eigenvalue weighted by Gasteiger charge is -2.33. The van der Waals surface area contributed by atoms with Gasteiger partial charge in [0, 0.05) is 18.1 Å². The van der Waals surface area contributed by atoms with Crippen molar-refractivity contribution in [3.05, 3.63) is 88.9 Å². The molecule has 0 aliphatic rings.